The van der Waals surface area contributed by atoms with E-state index in [1.165, 1.54) is 0 Å². The van der Waals surface area contributed by atoms with Crippen molar-refractivity contribution in [3.8, 4) is 0 Å². The lowest BCUT2D eigenvalue weighted by Gasteiger charge is -2.22. The summed E-state index contributed by atoms with van der Waals surface area (Å²) in [5.74, 6) is 0.212. The van der Waals surface area contributed by atoms with Gasteiger partial charge in [-0.25, -0.2) is 4.72 Å². The zero-order chi connectivity index (χ0) is 13.6. The van der Waals surface area contributed by atoms with Crippen LogP contribution < -0.4 is 10.0 Å². The Hall–Kier alpha value is -0.210. The van der Waals surface area contributed by atoms with Crippen LogP contribution in [0.4, 0.5) is 0 Å². The van der Waals surface area contributed by atoms with Crippen molar-refractivity contribution < 1.29 is 13.2 Å². The Balaban J connectivity index is 1.82. The van der Waals surface area contributed by atoms with E-state index >= 15 is 0 Å². The van der Waals surface area contributed by atoms with Crippen LogP contribution in [0.1, 0.15) is 25.7 Å². The van der Waals surface area contributed by atoms with E-state index in [0.29, 0.717) is 32.8 Å². The lowest BCUT2D eigenvalue weighted by Crippen LogP contribution is -2.44. The quantitative estimate of drug-likeness (QED) is 0.761. The molecule has 2 heterocycles. The Morgan fingerprint density at radius 3 is 2.68 bits per heavy atom. The van der Waals surface area contributed by atoms with E-state index in [4.69, 9.17) is 4.74 Å². The summed E-state index contributed by atoms with van der Waals surface area (Å²) in [6, 6.07) is 0. The van der Waals surface area contributed by atoms with Crippen molar-refractivity contribution in [1.82, 2.24) is 14.3 Å². The highest BCUT2D eigenvalue weighted by Crippen LogP contribution is 2.12. The molecular weight excluding hydrogens is 266 g/mol. The van der Waals surface area contributed by atoms with Crippen molar-refractivity contribution in [3.05, 3.63) is 0 Å². The van der Waals surface area contributed by atoms with E-state index in [9.17, 15) is 8.42 Å². The van der Waals surface area contributed by atoms with Gasteiger partial charge in [-0.15, -0.1) is 0 Å². The Labute approximate surface area is 116 Å². The number of ether oxygens (including phenoxy) is 1. The third kappa shape index (κ3) is 5.00. The third-order valence-electron chi connectivity index (χ3n) is 3.67. The molecule has 0 spiro atoms. The molecule has 2 saturated heterocycles. The summed E-state index contributed by atoms with van der Waals surface area (Å²) in [5.41, 5.74) is 0. The summed E-state index contributed by atoms with van der Waals surface area (Å²) in [7, 11) is -3.32. The van der Waals surface area contributed by atoms with Crippen molar-refractivity contribution in [3.63, 3.8) is 0 Å². The molecule has 0 unspecified atom stereocenters. The van der Waals surface area contributed by atoms with Crippen LogP contribution in [0.25, 0.3) is 0 Å². The van der Waals surface area contributed by atoms with Crippen molar-refractivity contribution in [2.45, 2.75) is 25.7 Å². The van der Waals surface area contributed by atoms with Crippen LogP contribution in [0.15, 0.2) is 0 Å². The minimum Gasteiger partial charge on any atom is -0.380 e. The van der Waals surface area contributed by atoms with Crippen LogP contribution in [0.3, 0.4) is 0 Å². The zero-order valence-electron chi connectivity index (χ0n) is 11.4. The Kier molecular flexibility index (Phi) is 6.03. The smallest absolute Gasteiger partial charge is 0.279 e. The van der Waals surface area contributed by atoms with Crippen LogP contribution in [0.5, 0.6) is 0 Å². The summed E-state index contributed by atoms with van der Waals surface area (Å²) >= 11 is 0. The number of rotatable bonds is 4. The van der Waals surface area contributed by atoms with Crippen molar-refractivity contribution in [2.24, 2.45) is 5.92 Å². The van der Waals surface area contributed by atoms with Crippen LogP contribution >= 0.6 is 0 Å². The monoisotopic (exact) mass is 291 g/mol. The second-order valence-corrected chi connectivity index (χ2v) is 7.07. The minimum atomic E-state index is -3.32. The highest BCUT2D eigenvalue weighted by molar-refractivity contribution is 7.87. The molecule has 0 bridgehead atoms. The Bertz CT molecular complexity index is 345. The fourth-order valence-corrected chi connectivity index (χ4v) is 3.85. The van der Waals surface area contributed by atoms with Gasteiger partial charge >= 0.3 is 0 Å². The van der Waals surface area contributed by atoms with E-state index in [0.717, 1.165) is 38.8 Å². The van der Waals surface area contributed by atoms with Crippen LogP contribution in [0, 0.1) is 5.92 Å². The van der Waals surface area contributed by atoms with Gasteiger partial charge < -0.3 is 10.1 Å². The molecule has 0 aromatic heterocycles. The van der Waals surface area contributed by atoms with Gasteiger partial charge in [-0.1, -0.05) is 12.8 Å². The van der Waals surface area contributed by atoms with Crippen LogP contribution in [0.2, 0.25) is 0 Å². The lowest BCUT2D eigenvalue weighted by atomic mass is 10.2. The first-order valence-corrected chi connectivity index (χ1v) is 8.66. The first-order valence-electron chi connectivity index (χ1n) is 7.22. The van der Waals surface area contributed by atoms with E-state index in [-0.39, 0.29) is 5.92 Å². The molecule has 2 fully saturated rings. The molecule has 1 atom stereocenters. The van der Waals surface area contributed by atoms with Gasteiger partial charge in [-0.3, -0.25) is 0 Å². The SMILES string of the molecule is O=S(=O)(NC[C@H]1CNCCOC1)N1CCCCCC1. The summed E-state index contributed by atoms with van der Waals surface area (Å²) in [6.07, 6.45) is 4.20. The molecule has 2 N–H and O–H groups in total. The van der Waals surface area contributed by atoms with E-state index < -0.39 is 10.2 Å². The second-order valence-electron chi connectivity index (χ2n) is 5.31. The maximum Gasteiger partial charge on any atom is 0.279 e. The van der Waals surface area contributed by atoms with Gasteiger partial charge in [0.25, 0.3) is 10.2 Å². The van der Waals surface area contributed by atoms with E-state index in [2.05, 4.69) is 10.0 Å². The van der Waals surface area contributed by atoms with Gasteiger partial charge in [-0.05, 0) is 12.8 Å². The first kappa shape index (κ1) is 15.2. The topological polar surface area (TPSA) is 70.7 Å². The lowest BCUT2D eigenvalue weighted by molar-refractivity contribution is 0.124. The maximum atomic E-state index is 12.2. The highest BCUT2D eigenvalue weighted by Gasteiger charge is 2.24. The molecule has 0 radical (unpaired) electrons. The van der Waals surface area contributed by atoms with Gasteiger partial charge in [0.15, 0.2) is 0 Å². The summed E-state index contributed by atoms with van der Waals surface area (Å²) < 4.78 is 34.2. The molecule has 2 aliphatic rings. The molecule has 0 saturated carbocycles. The normalized spacial score (nSPS) is 27.7. The molecule has 6 nitrogen and oxygen atoms in total. The fourth-order valence-electron chi connectivity index (χ4n) is 2.49. The molecule has 0 aromatic rings. The molecule has 0 aliphatic carbocycles. The van der Waals surface area contributed by atoms with Gasteiger partial charge in [0.05, 0.1) is 13.2 Å². The highest BCUT2D eigenvalue weighted by atomic mass is 32.2. The van der Waals surface area contributed by atoms with Gasteiger partial charge in [0.2, 0.25) is 0 Å². The van der Waals surface area contributed by atoms with Crippen molar-refractivity contribution in [1.29, 1.82) is 0 Å². The molecule has 0 amide bonds. The largest absolute Gasteiger partial charge is 0.380 e. The number of nitrogens with zero attached hydrogens (tertiary/aromatic N) is 1. The van der Waals surface area contributed by atoms with Crippen LogP contribution in [-0.2, 0) is 14.9 Å². The van der Waals surface area contributed by atoms with Crippen molar-refractivity contribution in [2.75, 3.05) is 45.9 Å². The maximum absolute atomic E-state index is 12.2. The molecule has 19 heavy (non-hydrogen) atoms. The predicted molar refractivity (Wildman–Crippen MR) is 74.1 cm³/mol. The molecule has 112 valence electrons. The Morgan fingerprint density at radius 1 is 1.21 bits per heavy atom. The predicted octanol–water partition coefficient (Wildman–Crippen LogP) is -0.0672. The number of nitrogens with one attached hydrogen (secondary N) is 2. The molecule has 2 aliphatic heterocycles. The third-order valence-corrected chi connectivity index (χ3v) is 5.25. The standard InChI is InChI=1S/C12H25N3O3S/c16-19(17,15-6-3-1-2-4-7-15)14-10-12-9-13-5-8-18-11-12/h12-14H,1-11H2/t12-/m1/s1. The van der Waals surface area contributed by atoms with E-state index in [1.54, 1.807) is 4.31 Å². The van der Waals surface area contributed by atoms with Crippen molar-refractivity contribution >= 4 is 10.2 Å². The minimum absolute atomic E-state index is 0.212. The number of hydrogen-bond acceptors (Lipinski definition) is 4. The first-order chi connectivity index (χ1) is 9.18. The average Bonchev–Trinajstić information content (AvgIpc) is 2.81. The average molecular weight is 291 g/mol. The molecule has 2 rings (SSSR count). The van der Waals surface area contributed by atoms with Crippen LogP contribution in [-0.4, -0.2) is 58.7 Å². The summed E-state index contributed by atoms with van der Waals surface area (Å²) in [6.45, 7) is 4.72. The zero-order valence-corrected chi connectivity index (χ0v) is 12.3. The molecular formula is C12H25N3O3S. The fraction of sp³-hybridized carbons (Fsp3) is 1.00. The Morgan fingerprint density at radius 2 is 1.95 bits per heavy atom. The molecule has 0 aromatic carbocycles. The van der Waals surface area contributed by atoms with E-state index in [1.807, 2.05) is 0 Å². The molecule has 7 heteroatoms. The number of hydrogen-bond donors (Lipinski definition) is 2. The van der Waals surface area contributed by atoms with Gasteiger partial charge in [-0.2, -0.15) is 12.7 Å². The van der Waals surface area contributed by atoms with Gasteiger partial charge in [0.1, 0.15) is 0 Å². The summed E-state index contributed by atoms with van der Waals surface area (Å²) in [4.78, 5) is 0. The second kappa shape index (κ2) is 7.54. The summed E-state index contributed by atoms with van der Waals surface area (Å²) in [5, 5.41) is 3.25. The van der Waals surface area contributed by atoms with Gasteiger partial charge in [0, 0.05) is 38.6 Å².